The number of hydrogen-bond donors (Lipinski definition) is 2. The number of nitrogens with one attached hydrogen (secondary N) is 2. The lowest BCUT2D eigenvalue weighted by Crippen LogP contribution is -2.38. The predicted octanol–water partition coefficient (Wildman–Crippen LogP) is 1.81. The molecule has 0 saturated heterocycles. The SMILES string of the molecule is CC(Cn1cncn1)NC(=O)Nc1cc(F)ccc1-n1cccn1. The summed E-state index contributed by atoms with van der Waals surface area (Å²) in [5.41, 5.74) is 0.893. The molecule has 1 aromatic carbocycles. The Bertz CT molecular complexity index is 801. The molecule has 124 valence electrons. The largest absolute Gasteiger partial charge is 0.334 e. The van der Waals surface area contributed by atoms with Crippen molar-refractivity contribution < 1.29 is 9.18 Å². The molecule has 1 unspecified atom stereocenters. The van der Waals surface area contributed by atoms with E-state index in [1.54, 1.807) is 40.2 Å². The molecule has 2 aromatic heterocycles. The average molecular weight is 329 g/mol. The Hall–Kier alpha value is -3.23. The molecule has 0 spiro atoms. The number of urea groups is 1. The van der Waals surface area contributed by atoms with Gasteiger partial charge in [-0.05, 0) is 31.2 Å². The maximum absolute atomic E-state index is 13.5. The first-order valence-corrected chi connectivity index (χ1v) is 7.31. The Labute approximate surface area is 137 Å². The van der Waals surface area contributed by atoms with Gasteiger partial charge in [0.05, 0.1) is 17.9 Å². The van der Waals surface area contributed by atoms with Crippen LogP contribution in [0.1, 0.15) is 6.92 Å². The topological polar surface area (TPSA) is 89.7 Å². The van der Waals surface area contributed by atoms with Crippen molar-refractivity contribution in [2.24, 2.45) is 0 Å². The highest BCUT2D eigenvalue weighted by molar-refractivity contribution is 5.91. The third kappa shape index (κ3) is 3.75. The van der Waals surface area contributed by atoms with Crippen LogP contribution < -0.4 is 10.6 Å². The highest BCUT2D eigenvalue weighted by Gasteiger charge is 2.12. The van der Waals surface area contributed by atoms with Crippen LogP contribution in [-0.2, 0) is 6.54 Å². The number of anilines is 1. The third-order valence-corrected chi connectivity index (χ3v) is 3.26. The van der Waals surface area contributed by atoms with Crippen LogP contribution in [0.3, 0.4) is 0 Å². The predicted molar refractivity (Wildman–Crippen MR) is 85.2 cm³/mol. The molecular formula is C15H16FN7O. The molecule has 3 rings (SSSR count). The van der Waals surface area contributed by atoms with E-state index < -0.39 is 11.8 Å². The van der Waals surface area contributed by atoms with E-state index in [1.165, 1.54) is 18.5 Å². The van der Waals surface area contributed by atoms with E-state index in [2.05, 4.69) is 25.8 Å². The van der Waals surface area contributed by atoms with Gasteiger partial charge in [-0.1, -0.05) is 0 Å². The van der Waals surface area contributed by atoms with Gasteiger partial charge in [-0.3, -0.25) is 4.68 Å². The van der Waals surface area contributed by atoms with Crippen molar-refractivity contribution in [2.75, 3.05) is 5.32 Å². The van der Waals surface area contributed by atoms with Crippen LogP contribution in [0.5, 0.6) is 0 Å². The van der Waals surface area contributed by atoms with Crippen LogP contribution in [0.25, 0.3) is 5.69 Å². The minimum atomic E-state index is -0.447. The van der Waals surface area contributed by atoms with Crippen LogP contribution in [0, 0.1) is 5.82 Å². The molecule has 0 saturated carbocycles. The Morgan fingerprint density at radius 3 is 2.96 bits per heavy atom. The number of carbonyl (C=O) groups is 1. The molecule has 24 heavy (non-hydrogen) atoms. The molecule has 9 heteroatoms. The monoisotopic (exact) mass is 329 g/mol. The molecule has 0 aliphatic heterocycles. The molecule has 2 heterocycles. The summed E-state index contributed by atoms with van der Waals surface area (Å²) >= 11 is 0. The Kier molecular flexibility index (Phi) is 4.50. The Morgan fingerprint density at radius 2 is 2.25 bits per heavy atom. The average Bonchev–Trinajstić information content (AvgIpc) is 3.20. The van der Waals surface area contributed by atoms with Crippen molar-refractivity contribution >= 4 is 11.7 Å². The smallest absolute Gasteiger partial charge is 0.319 e. The maximum Gasteiger partial charge on any atom is 0.319 e. The molecule has 8 nitrogen and oxygen atoms in total. The summed E-state index contributed by atoms with van der Waals surface area (Å²) in [6, 6.07) is 5.23. The number of benzene rings is 1. The van der Waals surface area contributed by atoms with Crippen molar-refractivity contribution in [3.8, 4) is 5.69 Å². The van der Waals surface area contributed by atoms with Gasteiger partial charge in [0.25, 0.3) is 0 Å². The van der Waals surface area contributed by atoms with Crippen LogP contribution in [-0.4, -0.2) is 36.6 Å². The van der Waals surface area contributed by atoms with E-state index in [1.807, 2.05) is 6.92 Å². The summed E-state index contributed by atoms with van der Waals surface area (Å²) in [5.74, 6) is -0.447. The first-order valence-electron chi connectivity index (χ1n) is 7.31. The fourth-order valence-electron chi connectivity index (χ4n) is 2.25. The van der Waals surface area contributed by atoms with Crippen molar-refractivity contribution in [3.63, 3.8) is 0 Å². The van der Waals surface area contributed by atoms with Gasteiger partial charge in [0.15, 0.2) is 0 Å². The Balaban J connectivity index is 1.69. The zero-order valence-corrected chi connectivity index (χ0v) is 12.9. The summed E-state index contributed by atoms with van der Waals surface area (Å²) in [6.45, 7) is 2.31. The zero-order valence-electron chi connectivity index (χ0n) is 12.9. The third-order valence-electron chi connectivity index (χ3n) is 3.26. The highest BCUT2D eigenvalue weighted by atomic mass is 19.1. The number of halogens is 1. The van der Waals surface area contributed by atoms with E-state index in [0.717, 1.165) is 0 Å². The minimum absolute atomic E-state index is 0.187. The van der Waals surface area contributed by atoms with Gasteiger partial charge in [-0.25, -0.2) is 18.9 Å². The zero-order chi connectivity index (χ0) is 16.9. The molecule has 0 bridgehead atoms. The number of aromatic nitrogens is 5. The second-order valence-electron chi connectivity index (χ2n) is 5.23. The number of rotatable bonds is 5. The quantitative estimate of drug-likeness (QED) is 0.747. The Morgan fingerprint density at radius 1 is 1.38 bits per heavy atom. The van der Waals surface area contributed by atoms with Crippen LogP contribution in [0.4, 0.5) is 14.9 Å². The molecule has 2 amide bonds. The number of amides is 2. The molecule has 0 aliphatic rings. The molecule has 0 fully saturated rings. The lowest BCUT2D eigenvalue weighted by molar-refractivity contribution is 0.247. The first-order chi connectivity index (χ1) is 11.6. The minimum Gasteiger partial charge on any atom is -0.334 e. The summed E-state index contributed by atoms with van der Waals surface area (Å²) in [4.78, 5) is 16.0. The van der Waals surface area contributed by atoms with Crippen molar-refractivity contribution in [3.05, 3.63) is 55.1 Å². The fourth-order valence-corrected chi connectivity index (χ4v) is 2.25. The van der Waals surface area contributed by atoms with Gasteiger partial charge < -0.3 is 10.6 Å². The molecule has 0 aliphatic carbocycles. The number of nitrogens with zero attached hydrogens (tertiary/aromatic N) is 5. The van der Waals surface area contributed by atoms with E-state index in [0.29, 0.717) is 17.9 Å². The number of hydrogen-bond acceptors (Lipinski definition) is 4. The lowest BCUT2D eigenvalue weighted by Gasteiger charge is -2.16. The maximum atomic E-state index is 13.5. The van der Waals surface area contributed by atoms with Gasteiger partial charge in [0, 0.05) is 18.4 Å². The van der Waals surface area contributed by atoms with E-state index in [-0.39, 0.29) is 6.04 Å². The van der Waals surface area contributed by atoms with Crippen LogP contribution in [0.2, 0.25) is 0 Å². The van der Waals surface area contributed by atoms with Crippen molar-refractivity contribution in [1.82, 2.24) is 29.9 Å². The van der Waals surface area contributed by atoms with Gasteiger partial charge in [-0.15, -0.1) is 0 Å². The van der Waals surface area contributed by atoms with E-state index in [9.17, 15) is 9.18 Å². The number of carbonyl (C=O) groups excluding carboxylic acids is 1. The van der Waals surface area contributed by atoms with Gasteiger partial charge in [0.2, 0.25) is 0 Å². The molecule has 1 atom stereocenters. The van der Waals surface area contributed by atoms with Crippen molar-refractivity contribution in [2.45, 2.75) is 19.5 Å². The van der Waals surface area contributed by atoms with E-state index in [4.69, 9.17) is 0 Å². The fraction of sp³-hybridized carbons (Fsp3) is 0.200. The normalized spacial score (nSPS) is 11.9. The van der Waals surface area contributed by atoms with E-state index >= 15 is 0 Å². The van der Waals surface area contributed by atoms with Crippen LogP contribution >= 0.6 is 0 Å². The first kappa shape index (κ1) is 15.7. The standard InChI is InChI=1S/C15H16FN7O/c1-11(8-22-10-17-9-19-22)20-15(24)21-13-7-12(16)3-4-14(13)23-6-2-5-18-23/h2-7,9-11H,8H2,1H3,(H2,20,21,24). The summed E-state index contributed by atoms with van der Waals surface area (Å²) in [7, 11) is 0. The van der Waals surface area contributed by atoms with Gasteiger partial charge >= 0.3 is 6.03 Å². The lowest BCUT2D eigenvalue weighted by atomic mass is 10.2. The summed E-state index contributed by atoms with van der Waals surface area (Å²) in [6.07, 6.45) is 6.31. The van der Waals surface area contributed by atoms with Gasteiger partial charge in [0.1, 0.15) is 18.5 Å². The summed E-state index contributed by atoms with van der Waals surface area (Å²) < 4.78 is 16.7. The van der Waals surface area contributed by atoms with Crippen molar-refractivity contribution in [1.29, 1.82) is 0 Å². The van der Waals surface area contributed by atoms with Crippen LogP contribution in [0.15, 0.2) is 49.3 Å². The molecule has 0 radical (unpaired) electrons. The van der Waals surface area contributed by atoms with Gasteiger partial charge in [-0.2, -0.15) is 10.2 Å². The second kappa shape index (κ2) is 6.90. The molecule has 3 aromatic rings. The second-order valence-corrected chi connectivity index (χ2v) is 5.23. The summed E-state index contributed by atoms with van der Waals surface area (Å²) in [5, 5.41) is 13.5. The highest BCUT2D eigenvalue weighted by Crippen LogP contribution is 2.20. The molecule has 2 N–H and O–H groups in total. The molecular weight excluding hydrogens is 313 g/mol.